The van der Waals surface area contributed by atoms with Crippen LogP contribution in [-0.4, -0.2) is 51.9 Å². The van der Waals surface area contributed by atoms with Gasteiger partial charge in [-0.3, -0.25) is 9.69 Å². The van der Waals surface area contributed by atoms with Crippen molar-refractivity contribution in [3.05, 3.63) is 18.0 Å². The molecule has 0 radical (unpaired) electrons. The fourth-order valence-electron chi connectivity index (χ4n) is 6.96. The van der Waals surface area contributed by atoms with Crippen LogP contribution in [0.1, 0.15) is 77.7 Å². The van der Waals surface area contributed by atoms with E-state index in [1.165, 1.54) is 31.2 Å². The Balaban J connectivity index is 1.28. The van der Waals surface area contributed by atoms with E-state index in [0.717, 1.165) is 31.9 Å². The van der Waals surface area contributed by atoms with Gasteiger partial charge >= 0.3 is 0 Å². The number of aromatic nitrogens is 2. The molecule has 6 atom stereocenters. The van der Waals surface area contributed by atoms with Crippen molar-refractivity contribution in [2.75, 3.05) is 18.0 Å². The number of hydrogen-bond donors (Lipinski definition) is 0. The molecule has 4 bridgehead atoms. The number of anilines is 1. The number of ketones is 1. The van der Waals surface area contributed by atoms with Crippen molar-refractivity contribution in [3.63, 3.8) is 0 Å². The van der Waals surface area contributed by atoms with Crippen molar-refractivity contribution in [3.8, 4) is 0 Å². The fraction of sp³-hybridized carbons (Fsp3) is 0.800. The van der Waals surface area contributed by atoms with Crippen molar-refractivity contribution in [2.24, 2.45) is 23.7 Å². The Kier molecular flexibility index (Phi) is 5.37. The van der Waals surface area contributed by atoms with E-state index in [4.69, 9.17) is 9.97 Å². The molecule has 5 fully saturated rings. The van der Waals surface area contributed by atoms with Gasteiger partial charge in [0.1, 0.15) is 5.78 Å². The number of likely N-dealkylation sites (tertiary alicyclic amines) is 1. The molecule has 0 spiro atoms. The van der Waals surface area contributed by atoms with Gasteiger partial charge in [-0.2, -0.15) is 0 Å². The molecule has 0 N–H and O–H groups in total. The lowest BCUT2D eigenvalue weighted by Crippen LogP contribution is -2.56. The highest BCUT2D eigenvalue weighted by atomic mass is 16.1. The van der Waals surface area contributed by atoms with Crippen LogP contribution >= 0.6 is 0 Å². The first-order valence-electron chi connectivity index (χ1n) is 12.3. The van der Waals surface area contributed by atoms with E-state index in [2.05, 4.69) is 49.9 Å². The Labute approximate surface area is 181 Å². The minimum atomic E-state index is 0.168. The molecule has 2 aliphatic heterocycles. The second-order valence-electron chi connectivity index (χ2n) is 11.0. The Morgan fingerprint density at radius 2 is 1.57 bits per heavy atom. The minimum absolute atomic E-state index is 0.168. The summed E-state index contributed by atoms with van der Waals surface area (Å²) >= 11 is 0. The summed E-state index contributed by atoms with van der Waals surface area (Å²) in [5.74, 6) is 3.63. The summed E-state index contributed by atoms with van der Waals surface area (Å²) in [6.45, 7) is 11.0. The Bertz CT molecular complexity index is 762. The molecule has 3 saturated carbocycles. The van der Waals surface area contributed by atoms with E-state index in [1.807, 2.05) is 0 Å². The monoisotopic (exact) mass is 410 g/mol. The summed E-state index contributed by atoms with van der Waals surface area (Å²) < 4.78 is 0. The predicted molar refractivity (Wildman–Crippen MR) is 120 cm³/mol. The molecular formula is C25H38N4O. The van der Waals surface area contributed by atoms with Gasteiger partial charge in [0.25, 0.3) is 0 Å². The zero-order valence-electron chi connectivity index (χ0n) is 19.1. The standard InChI is InChI=1S/C25H38N4O/c1-15(2)24(30)23-10-17-5-6-18(23)9-22(17)19-11-26-25(27-12-19)29-20-7-8-21(29)14-28(13-20)16(3)4/h11-12,15-18,20-23H,5-10,13-14H2,1-4H3/t17?,18?,20?,21?,22-,23-/m0/s1. The van der Waals surface area contributed by atoms with Gasteiger partial charge in [-0.25, -0.2) is 9.97 Å². The van der Waals surface area contributed by atoms with Gasteiger partial charge < -0.3 is 4.90 Å². The molecule has 164 valence electrons. The maximum atomic E-state index is 12.6. The lowest BCUT2D eigenvalue weighted by atomic mass is 9.57. The topological polar surface area (TPSA) is 49.3 Å². The molecule has 5 nitrogen and oxygen atoms in total. The van der Waals surface area contributed by atoms with E-state index in [9.17, 15) is 4.79 Å². The third kappa shape index (κ3) is 3.47. The maximum absolute atomic E-state index is 12.6. The molecule has 1 aromatic heterocycles. The number of Topliss-reactive ketones (excluding diaryl/α,β-unsaturated/α-hetero) is 1. The number of piperazine rings is 1. The summed E-state index contributed by atoms with van der Waals surface area (Å²) in [4.78, 5) is 27.5. The van der Waals surface area contributed by atoms with Crippen LogP contribution < -0.4 is 4.90 Å². The molecule has 6 rings (SSSR count). The lowest BCUT2D eigenvalue weighted by molar-refractivity contribution is -0.131. The number of hydrogen-bond acceptors (Lipinski definition) is 5. The third-order valence-electron chi connectivity index (χ3n) is 8.65. The van der Waals surface area contributed by atoms with Crippen LogP contribution in [0.4, 0.5) is 5.95 Å². The summed E-state index contributed by atoms with van der Waals surface area (Å²) in [6, 6.07) is 1.74. The van der Waals surface area contributed by atoms with Crippen LogP contribution in [0.3, 0.4) is 0 Å². The van der Waals surface area contributed by atoms with Crippen LogP contribution in [0.2, 0.25) is 0 Å². The van der Waals surface area contributed by atoms with E-state index >= 15 is 0 Å². The Hall–Kier alpha value is -1.49. The molecule has 5 aliphatic rings. The Morgan fingerprint density at radius 1 is 0.933 bits per heavy atom. The number of carbonyl (C=O) groups is 1. The van der Waals surface area contributed by atoms with Gasteiger partial charge in [0.2, 0.25) is 5.95 Å². The highest BCUT2D eigenvalue weighted by Crippen LogP contribution is 2.53. The van der Waals surface area contributed by atoms with Gasteiger partial charge in [0.05, 0.1) is 0 Å². The number of nitrogens with zero attached hydrogens (tertiary/aromatic N) is 4. The molecule has 3 aliphatic carbocycles. The number of carbonyl (C=O) groups excluding carboxylic acids is 1. The minimum Gasteiger partial charge on any atom is -0.332 e. The van der Waals surface area contributed by atoms with E-state index in [-0.39, 0.29) is 5.92 Å². The highest BCUT2D eigenvalue weighted by Gasteiger charge is 2.46. The quantitative estimate of drug-likeness (QED) is 0.725. The molecule has 1 aromatic rings. The van der Waals surface area contributed by atoms with Crippen molar-refractivity contribution < 1.29 is 4.79 Å². The van der Waals surface area contributed by atoms with Crippen LogP contribution in [0.25, 0.3) is 0 Å². The normalized spacial score (nSPS) is 36.1. The average Bonchev–Trinajstić information content (AvgIpc) is 3.02. The van der Waals surface area contributed by atoms with Crippen molar-refractivity contribution in [1.82, 2.24) is 14.9 Å². The van der Waals surface area contributed by atoms with Crippen molar-refractivity contribution in [1.29, 1.82) is 0 Å². The van der Waals surface area contributed by atoms with Crippen LogP contribution in [0.15, 0.2) is 12.4 Å². The SMILES string of the molecule is CC(C)C(=O)[C@H]1CC2CCC1C[C@@H]2c1cnc(N2C3CCC2CN(C(C)C)C3)nc1. The zero-order chi connectivity index (χ0) is 21.0. The van der Waals surface area contributed by atoms with E-state index in [1.54, 1.807) is 0 Å². The van der Waals surface area contributed by atoms with Gasteiger partial charge in [0, 0.05) is 55.4 Å². The molecule has 4 unspecified atom stereocenters. The average molecular weight is 411 g/mol. The molecule has 5 heteroatoms. The van der Waals surface area contributed by atoms with Crippen LogP contribution in [-0.2, 0) is 4.79 Å². The first kappa shape index (κ1) is 20.4. The summed E-state index contributed by atoms with van der Waals surface area (Å²) in [7, 11) is 0. The molecule has 3 heterocycles. The largest absolute Gasteiger partial charge is 0.332 e. The van der Waals surface area contributed by atoms with Gasteiger partial charge in [0.15, 0.2) is 0 Å². The van der Waals surface area contributed by atoms with Gasteiger partial charge in [-0.1, -0.05) is 13.8 Å². The second-order valence-corrected chi connectivity index (χ2v) is 11.0. The van der Waals surface area contributed by atoms with Crippen LogP contribution in [0, 0.1) is 23.7 Å². The smallest absolute Gasteiger partial charge is 0.225 e. The van der Waals surface area contributed by atoms with Crippen molar-refractivity contribution in [2.45, 2.75) is 90.3 Å². The van der Waals surface area contributed by atoms with Crippen LogP contribution in [0.5, 0.6) is 0 Å². The fourth-order valence-corrected chi connectivity index (χ4v) is 6.96. The number of fused-ring (bicyclic) bond motifs is 5. The van der Waals surface area contributed by atoms with Crippen molar-refractivity contribution >= 4 is 11.7 Å². The molecule has 0 aromatic carbocycles. The summed E-state index contributed by atoms with van der Waals surface area (Å²) in [5.41, 5.74) is 1.30. The van der Waals surface area contributed by atoms with Gasteiger partial charge in [-0.05, 0) is 75.7 Å². The molecular weight excluding hydrogens is 372 g/mol. The second kappa shape index (κ2) is 7.89. The first-order chi connectivity index (χ1) is 14.4. The molecule has 2 saturated heterocycles. The zero-order valence-corrected chi connectivity index (χ0v) is 19.1. The first-order valence-corrected chi connectivity index (χ1v) is 12.3. The lowest BCUT2D eigenvalue weighted by Gasteiger charge is -2.47. The third-order valence-corrected chi connectivity index (χ3v) is 8.65. The van der Waals surface area contributed by atoms with E-state index < -0.39 is 0 Å². The maximum Gasteiger partial charge on any atom is 0.225 e. The summed E-state index contributed by atoms with van der Waals surface area (Å²) in [5, 5.41) is 0. The molecule has 30 heavy (non-hydrogen) atoms. The van der Waals surface area contributed by atoms with Gasteiger partial charge in [-0.15, -0.1) is 0 Å². The predicted octanol–water partition coefficient (Wildman–Crippen LogP) is 4.28. The number of rotatable bonds is 5. The van der Waals surface area contributed by atoms with E-state index in [0.29, 0.717) is 47.6 Å². The molecule has 0 amide bonds. The highest BCUT2D eigenvalue weighted by molar-refractivity contribution is 5.83. The summed E-state index contributed by atoms with van der Waals surface area (Å²) in [6.07, 6.45) is 11.5. The Morgan fingerprint density at radius 3 is 2.10 bits per heavy atom.